The predicted molar refractivity (Wildman–Crippen MR) is 97.6 cm³/mol. The molecule has 1 spiro atoms. The molecule has 2 aliphatic heterocycles. The van der Waals surface area contributed by atoms with Gasteiger partial charge in [0, 0.05) is 22.7 Å². The number of benzene rings is 2. The fourth-order valence-electron chi connectivity index (χ4n) is 3.88. The number of hydrogen-bond donors (Lipinski definition) is 2. The van der Waals surface area contributed by atoms with Gasteiger partial charge in [-0.05, 0) is 35.9 Å². The molecule has 0 fully saturated rings. The lowest BCUT2D eigenvalue weighted by atomic mass is 9.72. The molecule has 6 nitrogen and oxygen atoms in total. The van der Waals surface area contributed by atoms with Crippen molar-refractivity contribution in [3.8, 4) is 5.69 Å². The van der Waals surface area contributed by atoms with Gasteiger partial charge < -0.3 is 10.6 Å². The molecule has 1 aromatic heterocycles. The van der Waals surface area contributed by atoms with E-state index in [4.69, 9.17) is 11.6 Å². The van der Waals surface area contributed by atoms with Crippen LogP contribution in [0.5, 0.6) is 0 Å². The summed E-state index contributed by atoms with van der Waals surface area (Å²) in [6.45, 7) is 0. The minimum absolute atomic E-state index is 0.0777. The third-order valence-corrected chi connectivity index (χ3v) is 5.28. The number of fused-ring (bicyclic) bond motifs is 4. The Kier molecular flexibility index (Phi) is 3.21. The number of nitrogens with one attached hydrogen (secondary N) is 2. The van der Waals surface area contributed by atoms with Crippen LogP contribution in [0.3, 0.4) is 0 Å². The zero-order valence-electron chi connectivity index (χ0n) is 13.8. The van der Waals surface area contributed by atoms with Gasteiger partial charge in [-0.15, -0.1) is 0 Å². The van der Waals surface area contributed by atoms with Crippen LogP contribution >= 0.6 is 11.6 Å². The van der Waals surface area contributed by atoms with E-state index < -0.39 is 11.2 Å². The minimum atomic E-state index is -1.24. The normalized spacial score (nSPS) is 20.2. The van der Waals surface area contributed by atoms with Gasteiger partial charge in [-0.25, -0.2) is 9.07 Å². The van der Waals surface area contributed by atoms with E-state index in [1.54, 1.807) is 36.5 Å². The molecule has 0 saturated heterocycles. The quantitative estimate of drug-likeness (QED) is 0.678. The summed E-state index contributed by atoms with van der Waals surface area (Å²) in [4.78, 5) is 25.5. The van der Waals surface area contributed by atoms with Gasteiger partial charge >= 0.3 is 0 Å². The van der Waals surface area contributed by atoms with Crippen LogP contribution < -0.4 is 10.6 Å². The Morgan fingerprint density at radius 2 is 1.96 bits per heavy atom. The van der Waals surface area contributed by atoms with E-state index in [9.17, 15) is 14.0 Å². The van der Waals surface area contributed by atoms with E-state index in [1.807, 2.05) is 0 Å². The van der Waals surface area contributed by atoms with Crippen molar-refractivity contribution < 1.29 is 14.0 Å². The van der Waals surface area contributed by atoms with E-state index in [1.165, 1.54) is 16.8 Å². The van der Waals surface area contributed by atoms with Crippen molar-refractivity contribution in [3.63, 3.8) is 0 Å². The summed E-state index contributed by atoms with van der Waals surface area (Å²) in [7, 11) is 0. The lowest BCUT2D eigenvalue weighted by molar-refractivity contribution is -0.125. The smallest absolute Gasteiger partial charge is 0.240 e. The van der Waals surface area contributed by atoms with Crippen LogP contribution in [-0.2, 0) is 15.0 Å². The molecule has 2 aromatic carbocycles. The maximum Gasteiger partial charge on any atom is 0.240 e. The van der Waals surface area contributed by atoms with Crippen LogP contribution in [0.1, 0.15) is 17.5 Å². The van der Waals surface area contributed by atoms with Crippen molar-refractivity contribution in [2.45, 2.75) is 11.8 Å². The minimum Gasteiger partial charge on any atom is -0.325 e. The first kappa shape index (κ1) is 16.0. The monoisotopic (exact) mass is 382 g/mol. The fraction of sp³-hybridized carbons (Fsp3) is 0.105. The van der Waals surface area contributed by atoms with Gasteiger partial charge in [0.2, 0.25) is 11.8 Å². The van der Waals surface area contributed by atoms with Crippen molar-refractivity contribution in [2.24, 2.45) is 0 Å². The third-order valence-electron chi connectivity index (χ3n) is 5.04. The standard InChI is InChI=1S/C19H12ClFN4O2/c20-10-2-1-3-12(6-10)25-17-14(9-22-25)19(8-16(26)24-17)13-5-4-11(21)7-15(13)23-18(19)27/h1-7,9H,8H2,(H,23,27)(H,24,26)/t19-/m0/s1. The third kappa shape index (κ3) is 2.15. The molecule has 0 aliphatic carbocycles. The largest absolute Gasteiger partial charge is 0.325 e. The van der Waals surface area contributed by atoms with Crippen molar-refractivity contribution in [1.82, 2.24) is 9.78 Å². The Balaban J connectivity index is 1.76. The molecule has 5 rings (SSSR count). The number of amides is 2. The molecule has 27 heavy (non-hydrogen) atoms. The molecule has 3 aromatic rings. The zero-order chi connectivity index (χ0) is 18.8. The number of aromatic nitrogens is 2. The first-order valence-electron chi connectivity index (χ1n) is 8.25. The highest BCUT2D eigenvalue weighted by molar-refractivity contribution is 6.30. The molecule has 1 atom stereocenters. The number of anilines is 2. The zero-order valence-corrected chi connectivity index (χ0v) is 14.5. The molecule has 0 radical (unpaired) electrons. The van der Waals surface area contributed by atoms with E-state index in [2.05, 4.69) is 15.7 Å². The summed E-state index contributed by atoms with van der Waals surface area (Å²) in [5.41, 5.74) is 0.910. The number of nitrogens with zero attached hydrogens (tertiary/aromatic N) is 2. The molecule has 2 N–H and O–H groups in total. The van der Waals surface area contributed by atoms with Gasteiger partial charge in [-0.2, -0.15) is 5.10 Å². The summed E-state index contributed by atoms with van der Waals surface area (Å²) in [6.07, 6.45) is 1.49. The first-order chi connectivity index (χ1) is 13.0. The van der Waals surface area contributed by atoms with Crippen LogP contribution in [0.4, 0.5) is 15.9 Å². The van der Waals surface area contributed by atoms with E-state index in [0.717, 1.165) is 0 Å². The van der Waals surface area contributed by atoms with Crippen molar-refractivity contribution in [3.05, 3.63) is 70.6 Å². The van der Waals surface area contributed by atoms with Gasteiger partial charge in [0.05, 0.1) is 11.9 Å². The van der Waals surface area contributed by atoms with Crippen LogP contribution in [0, 0.1) is 5.82 Å². The lowest BCUT2D eigenvalue weighted by Gasteiger charge is -2.31. The average Bonchev–Trinajstić information content (AvgIpc) is 3.15. The molecule has 0 bridgehead atoms. The van der Waals surface area contributed by atoms with Gasteiger partial charge in [-0.3, -0.25) is 9.59 Å². The molecule has 3 heterocycles. The van der Waals surface area contributed by atoms with E-state index in [0.29, 0.717) is 33.3 Å². The van der Waals surface area contributed by atoms with Crippen LogP contribution in [0.25, 0.3) is 5.69 Å². The molecule has 2 aliphatic rings. The molecular formula is C19H12ClFN4O2. The highest BCUT2D eigenvalue weighted by Gasteiger charge is 2.54. The summed E-state index contributed by atoms with van der Waals surface area (Å²) < 4.78 is 15.2. The molecule has 2 amide bonds. The Morgan fingerprint density at radius 3 is 2.78 bits per heavy atom. The topological polar surface area (TPSA) is 76.0 Å². The summed E-state index contributed by atoms with van der Waals surface area (Å²) >= 11 is 6.07. The Hall–Kier alpha value is -3.19. The summed E-state index contributed by atoms with van der Waals surface area (Å²) in [5, 5.41) is 10.4. The SMILES string of the molecule is O=C1C[C@@]2(C(=O)Nc3cc(F)ccc32)c2cnn(-c3cccc(Cl)c3)c2N1. The first-order valence-corrected chi connectivity index (χ1v) is 8.62. The second-order valence-electron chi connectivity index (χ2n) is 6.57. The average molecular weight is 383 g/mol. The number of hydrogen-bond acceptors (Lipinski definition) is 3. The molecular weight excluding hydrogens is 371 g/mol. The maximum atomic E-state index is 13.6. The number of carbonyl (C=O) groups is 2. The lowest BCUT2D eigenvalue weighted by Crippen LogP contribution is -2.43. The van der Waals surface area contributed by atoms with Crippen LogP contribution in [0.15, 0.2) is 48.7 Å². The van der Waals surface area contributed by atoms with Gasteiger partial charge in [0.1, 0.15) is 17.1 Å². The highest BCUT2D eigenvalue weighted by Crippen LogP contribution is 2.50. The Morgan fingerprint density at radius 1 is 1.11 bits per heavy atom. The van der Waals surface area contributed by atoms with Gasteiger partial charge in [0.25, 0.3) is 0 Å². The molecule has 134 valence electrons. The summed E-state index contributed by atoms with van der Waals surface area (Å²) in [6, 6.07) is 11.1. The fourth-order valence-corrected chi connectivity index (χ4v) is 4.07. The second-order valence-corrected chi connectivity index (χ2v) is 7.01. The van der Waals surface area contributed by atoms with Crippen molar-refractivity contribution in [2.75, 3.05) is 10.6 Å². The Labute approximate surface area is 157 Å². The van der Waals surface area contributed by atoms with Crippen molar-refractivity contribution >= 4 is 34.9 Å². The van der Waals surface area contributed by atoms with Crippen LogP contribution in [0.2, 0.25) is 5.02 Å². The number of rotatable bonds is 1. The molecule has 8 heteroatoms. The predicted octanol–water partition coefficient (Wildman–Crippen LogP) is 3.25. The molecule has 0 unspecified atom stereocenters. The second kappa shape index (κ2) is 5.40. The maximum absolute atomic E-state index is 13.6. The van der Waals surface area contributed by atoms with Gasteiger partial charge in [-0.1, -0.05) is 23.7 Å². The molecule has 0 saturated carbocycles. The van der Waals surface area contributed by atoms with Crippen molar-refractivity contribution in [1.29, 1.82) is 0 Å². The number of carbonyl (C=O) groups excluding carboxylic acids is 2. The Bertz CT molecular complexity index is 1140. The summed E-state index contributed by atoms with van der Waals surface area (Å²) in [5.74, 6) is -0.745. The van der Waals surface area contributed by atoms with Gasteiger partial charge in [0.15, 0.2) is 0 Å². The number of halogens is 2. The highest BCUT2D eigenvalue weighted by atomic mass is 35.5. The van der Waals surface area contributed by atoms with E-state index >= 15 is 0 Å². The van der Waals surface area contributed by atoms with Crippen LogP contribution in [-0.4, -0.2) is 21.6 Å². The van der Waals surface area contributed by atoms with E-state index in [-0.39, 0.29) is 18.2 Å².